The molecule has 2 nitrogen and oxygen atoms in total. The zero-order valence-electron chi connectivity index (χ0n) is 8.10. The Bertz CT molecular complexity index is 304. The molecule has 0 spiro atoms. The Labute approximate surface area is 77.5 Å². The summed E-state index contributed by atoms with van der Waals surface area (Å²) in [5, 5.41) is 0. The summed E-state index contributed by atoms with van der Waals surface area (Å²) < 4.78 is 17.9. The monoisotopic (exact) mass is 183 g/mol. The first kappa shape index (κ1) is 9.99. The molecule has 3 heteroatoms. The van der Waals surface area contributed by atoms with Crippen LogP contribution in [0.3, 0.4) is 0 Å². The molecule has 2 N–H and O–H groups in total. The van der Waals surface area contributed by atoms with E-state index in [2.05, 4.69) is 0 Å². The minimum atomic E-state index is -0.546. The molecule has 0 aliphatic rings. The van der Waals surface area contributed by atoms with Crippen LogP contribution in [0.4, 0.5) is 4.39 Å². The van der Waals surface area contributed by atoms with E-state index in [4.69, 9.17) is 10.5 Å². The van der Waals surface area contributed by atoms with Crippen LogP contribution in [-0.4, -0.2) is 7.11 Å². The van der Waals surface area contributed by atoms with Crippen molar-refractivity contribution in [2.45, 2.75) is 19.4 Å². The van der Waals surface area contributed by atoms with Crippen molar-refractivity contribution >= 4 is 0 Å². The molecule has 1 aromatic carbocycles. The Morgan fingerprint density at radius 2 is 1.92 bits per heavy atom. The normalized spacial score (nSPS) is 11.5. The lowest BCUT2D eigenvalue weighted by atomic mass is 9.95. The van der Waals surface area contributed by atoms with Gasteiger partial charge >= 0.3 is 0 Å². The van der Waals surface area contributed by atoms with Crippen molar-refractivity contribution in [3.8, 4) is 5.75 Å². The molecule has 0 amide bonds. The fraction of sp³-hybridized carbons (Fsp3) is 0.400. The number of hydrogen-bond donors (Lipinski definition) is 1. The van der Waals surface area contributed by atoms with Gasteiger partial charge in [-0.05, 0) is 31.5 Å². The average Bonchev–Trinajstić information content (AvgIpc) is 2.01. The van der Waals surface area contributed by atoms with Crippen LogP contribution < -0.4 is 10.5 Å². The number of methoxy groups -OCH3 is 1. The van der Waals surface area contributed by atoms with Crippen LogP contribution in [0.2, 0.25) is 0 Å². The molecule has 0 unspecified atom stereocenters. The Morgan fingerprint density at radius 1 is 1.31 bits per heavy atom. The molecular weight excluding hydrogens is 169 g/mol. The summed E-state index contributed by atoms with van der Waals surface area (Å²) in [6.45, 7) is 3.64. The van der Waals surface area contributed by atoms with E-state index in [9.17, 15) is 4.39 Å². The van der Waals surface area contributed by atoms with Gasteiger partial charge in [0.05, 0.1) is 7.11 Å². The van der Waals surface area contributed by atoms with Crippen LogP contribution in [0.25, 0.3) is 0 Å². The van der Waals surface area contributed by atoms with E-state index in [1.807, 2.05) is 13.8 Å². The lowest BCUT2D eigenvalue weighted by Crippen LogP contribution is -2.28. The first-order valence-corrected chi connectivity index (χ1v) is 4.07. The van der Waals surface area contributed by atoms with Crippen molar-refractivity contribution in [1.82, 2.24) is 0 Å². The summed E-state index contributed by atoms with van der Waals surface area (Å²) in [4.78, 5) is 0. The second kappa shape index (κ2) is 3.34. The zero-order valence-corrected chi connectivity index (χ0v) is 8.10. The molecule has 0 fully saturated rings. The first-order valence-electron chi connectivity index (χ1n) is 4.07. The summed E-state index contributed by atoms with van der Waals surface area (Å²) in [5.74, 6) is 0.168. The molecule has 13 heavy (non-hydrogen) atoms. The molecule has 0 aromatic heterocycles. The van der Waals surface area contributed by atoms with Crippen molar-refractivity contribution in [1.29, 1.82) is 0 Å². The quantitative estimate of drug-likeness (QED) is 0.761. The van der Waals surface area contributed by atoms with Crippen molar-refractivity contribution in [2.24, 2.45) is 5.73 Å². The highest BCUT2D eigenvalue weighted by molar-refractivity contribution is 5.33. The Morgan fingerprint density at radius 3 is 2.38 bits per heavy atom. The Balaban J connectivity index is 3.16. The highest BCUT2D eigenvalue weighted by atomic mass is 19.1. The molecule has 1 aromatic rings. The van der Waals surface area contributed by atoms with E-state index in [1.165, 1.54) is 19.2 Å². The van der Waals surface area contributed by atoms with Gasteiger partial charge in [0.15, 0.2) is 0 Å². The van der Waals surface area contributed by atoms with Crippen LogP contribution in [0.5, 0.6) is 5.75 Å². The van der Waals surface area contributed by atoms with Gasteiger partial charge in [0.2, 0.25) is 0 Å². The maximum Gasteiger partial charge on any atom is 0.127 e. The summed E-state index contributed by atoms with van der Waals surface area (Å²) in [5.41, 5.74) is 6.01. The topological polar surface area (TPSA) is 35.2 Å². The highest BCUT2D eigenvalue weighted by Crippen LogP contribution is 2.23. The molecule has 0 bridgehead atoms. The molecular formula is C10H14FNO. The van der Waals surface area contributed by atoms with Gasteiger partial charge in [0.1, 0.15) is 11.6 Å². The minimum Gasteiger partial charge on any atom is -0.497 e. The van der Waals surface area contributed by atoms with Crippen LogP contribution in [0.1, 0.15) is 19.4 Å². The number of hydrogen-bond acceptors (Lipinski definition) is 2. The number of halogens is 1. The molecule has 0 heterocycles. The molecule has 72 valence electrons. The van der Waals surface area contributed by atoms with Gasteiger partial charge in [-0.2, -0.15) is 0 Å². The molecule has 0 aliphatic heterocycles. The lowest BCUT2D eigenvalue weighted by Gasteiger charge is -2.19. The zero-order chi connectivity index (χ0) is 10.1. The smallest absolute Gasteiger partial charge is 0.127 e. The summed E-state index contributed by atoms with van der Waals surface area (Å²) >= 11 is 0. The fourth-order valence-corrected chi connectivity index (χ4v) is 1.05. The Kier molecular flexibility index (Phi) is 2.57. The largest absolute Gasteiger partial charge is 0.497 e. The van der Waals surface area contributed by atoms with E-state index >= 15 is 0 Å². The van der Waals surface area contributed by atoms with E-state index < -0.39 is 5.54 Å². The second-order valence-electron chi connectivity index (χ2n) is 3.60. The molecule has 1 rings (SSSR count). The average molecular weight is 183 g/mol. The SMILES string of the molecule is COc1cc(F)cc(C(C)(C)N)c1. The van der Waals surface area contributed by atoms with E-state index in [-0.39, 0.29) is 5.82 Å². The fourth-order valence-electron chi connectivity index (χ4n) is 1.05. The van der Waals surface area contributed by atoms with Crippen molar-refractivity contribution in [3.05, 3.63) is 29.6 Å². The van der Waals surface area contributed by atoms with Gasteiger partial charge in [-0.15, -0.1) is 0 Å². The van der Waals surface area contributed by atoms with Crippen molar-refractivity contribution < 1.29 is 9.13 Å². The van der Waals surface area contributed by atoms with Gasteiger partial charge in [-0.3, -0.25) is 0 Å². The predicted molar refractivity (Wildman–Crippen MR) is 50.2 cm³/mol. The molecule has 0 aliphatic carbocycles. The van der Waals surface area contributed by atoms with Crippen molar-refractivity contribution in [3.63, 3.8) is 0 Å². The summed E-state index contributed by atoms with van der Waals surface area (Å²) in [7, 11) is 1.50. The van der Waals surface area contributed by atoms with Gasteiger partial charge in [0, 0.05) is 11.6 Å². The van der Waals surface area contributed by atoms with E-state index in [0.29, 0.717) is 5.75 Å². The number of benzene rings is 1. The van der Waals surface area contributed by atoms with E-state index in [1.54, 1.807) is 6.07 Å². The minimum absolute atomic E-state index is 0.326. The maximum atomic E-state index is 13.0. The van der Waals surface area contributed by atoms with Gasteiger partial charge in [0.25, 0.3) is 0 Å². The Hall–Kier alpha value is -1.09. The van der Waals surface area contributed by atoms with Gasteiger partial charge in [-0.25, -0.2) is 4.39 Å². The van der Waals surface area contributed by atoms with Gasteiger partial charge in [-0.1, -0.05) is 0 Å². The first-order chi connectivity index (χ1) is 5.93. The second-order valence-corrected chi connectivity index (χ2v) is 3.60. The number of rotatable bonds is 2. The maximum absolute atomic E-state index is 13.0. The van der Waals surface area contributed by atoms with Crippen LogP contribution in [0, 0.1) is 5.82 Å². The third-order valence-electron chi connectivity index (χ3n) is 1.85. The number of ether oxygens (including phenoxy) is 1. The predicted octanol–water partition coefficient (Wildman–Crippen LogP) is 2.03. The summed E-state index contributed by atoms with van der Waals surface area (Å²) in [6.07, 6.45) is 0. The third-order valence-corrected chi connectivity index (χ3v) is 1.85. The summed E-state index contributed by atoms with van der Waals surface area (Å²) in [6, 6.07) is 4.49. The molecule has 0 saturated heterocycles. The van der Waals surface area contributed by atoms with Crippen LogP contribution >= 0.6 is 0 Å². The van der Waals surface area contributed by atoms with Crippen molar-refractivity contribution in [2.75, 3.05) is 7.11 Å². The standard InChI is InChI=1S/C10H14FNO/c1-10(2,12)7-4-8(11)6-9(5-7)13-3/h4-6H,12H2,1-3H3. The van der Waals surface area contributed by atoms with Crippen LogP contribution in [0.15, 0.2) is 18.2 Å². The molecule has 0 saturated carbocycles. The lowest BCUT2D eigenvalue weighted by molar-refractivity contribution is 0.408. The highest BCUT2D eigenvalue weighted by Gasteiger charge is 2.15. The third kappa shape index (κ3) is 2.42. The van der Waals surface area contributed by atoms with Crippen LogP contribution in [-0.2, 0) is 5.54 Å². The van der Waals surface area contributed by atoms with E-state index in [0.717, 1.165) is 5.56 Å². The molecule has 0 radical (unpaired) electrons. The van der Waals surface area contributed by atoms with Gasteiger partial charge < -0.3 is 10.5 Å². The number of nitrogens with two attached hydrogens (primary N) is 1. The molecule has 0 atom stereocenters.